The third-order valence-electron chi connectivity index (χ3n) is 4.50. The second-order valence-electron chi connectivity index (χ2n) is 6.45. The molecule has 7 heteroatoms. The first-order valence-electron chi connectivity index (χ1n) is 9.12. The van der Waals surface area contributed by atoms with Crippen LogP contribution >= 0.6 is 39.1 Å². The van der Waals surface area contributed by atoms with Crippen LogP contribution in [0, 0.1) is 0 Å². The Hall–Kier alpha value is -2.08. The third kappa shape index (κ3) is 5.10. The van der Waals surface area contributed by atoms with E-state index in [4.69, 9.17) is 23.2 Å². The summed E-state index contributed by atoms with van der Waals surface area (Å²) in [4.78, 5) is 24.9. The molecular formula is C22H19BrCl2N2O2. The lowest BCUT2D eigenvalue weighted by molar-refractivity contribution is -0.116. The van der Waals surface area contributed by atoms with Crippen molar-refractivity contribution in [3.05, 3.63) is 80.8 Å². The van der Waals surface area contributed by atoms with E-state index >= 15 is 0 Å². The minimum atomic E-state index is -0.324. The fraction of sp³-hybridized carbons (Fsp3) is 0.182. The van der Waals surface area contributed by atoms with Crippen LogP contribution in [0.2, 0.25) is 10.0 Å². The minimum Gasteiger partial charge on any atom is -0.384 e. The first-order valence-corrected chi connectivity index (χ1v) is 11.0. The molecule has 1 heterocycles. The number of carbonyl (C=O) groups excluding carboxylic acids is 2. The van der Waals surface area contributed by atoms with E-state index < -0.39 is 0 Å². The van der Waals surface area contributed by atoms with Gasteiger partial charge in [-0.15, -0.1) is 0 Å². The number of carbonyl (C=O) groups is 2. The Balaban J connectivity index is 2.10. The Kier molecular flexibility index (Phi) is 7.53. The summed E-state index contributed by atoms with van der Waals surface area (Å²) in [5.41, 5.74) is 3.23. The van der Waals surface area contributed by atoms with Crippen molar-refractivity contribution in [2.45, 2.75) is 12.8 Å². The molecule has 0 saturated heterocycles. The largest absolute Gasteiger partial charge is 0.384 e. The van der Waals surface area contributed by atoms with Crippen molar-refractivity contribution in [3.63, 3.8) is 0 Å². The van der Waals surface area contributed by atoms with Gasteiger partial charge in [-0.2, -0.15) is 0 Å². The molecule has 2 aromatic rings. The highest BCUT2D eigenvalue weighted by Crippen LogP contribution is 2.32. The van der Waals surface area contributed by atoms with E-state index in [2.05, 4.69) is 26.6 Å². The fourth-order valence-electron chi connectivity index (χ4n) is 3.09. The highest BCUT2D eigenvalue weighted by atomic mass is 79.9. The molecule has 0 radical (unpaired) electrons. The summed E-state index contributed by atoms with van der Waals surface area (Å²) in [6.45, 7) is 0.669. The molecule has 0 unspecified atom stereocenters. The molecule has 0 aliphatic carbocycles. The molecule has 0 aromatic heterocycles. The number of halogens is 3. The van der Waals surface area contributed by atoms with E-state index in [9.17, 15) is 9.59 Å². The van der Waals surface area contributed by atoms with Crippen molar-refractivity contribution < 1.29 is 9.59 Å². The Morgan fingerprint density at radius 2 is 1.62 bits per heavy atom. The summed E-state index contributed by atoms with van der Waals surface area (Å²) < 4.78 is 0. The maximum atomic E-state index is 12.9. The molecule has 2 aromatic carbocycles. The molecule has 0 fully saturated rings. The Morgan fingerprint density at radius 1 is 1.00 bits per heavy atom. The normalized spacial score (nSPS) is 15.3. The highest BCUT2D eigenvalue weighted by Gasteiger charge is 2.31. The van der Waals surface area contributed by atoms with Crippen LogP contribution in [-0.4, -0.2) is 24.1 Å². The number of benzene rings is 2. The maximum absolute atomic E-state index is 12.9. The number of aldehydes is 1. The zero-order valence-corrected chi connectivity index (χ0v) is 18.6. The van der Waals surface area contributed by atoms with Crippen molar-refractivity contribution in [2.75, 3.05) is 11.9 Å². The minimum absolute atomic E-state index is 0.315. The predicted molar refractivity (Wildman–Crippen MR) is 122 cm³/mol. The molecule has 4 nitrogen and oxygen atoms in total. The van der Waals surface area contributed by atoms with E-state index in [0.29, 0.717) is 45.4 Å². The predicted octanol–water partition coefficient (Wildman–Crippen LogP) is 5.21. The number of alkyl halides is 1. The fourth-order valence-corrected chi connectivity index (χ4v) is 3.73. The van der Waals surface area contributed by atoms with Crippen LogP contribution in [-0.2, 0) is 9.59 Å². The van der Waals surface area contributed by atoms with E-state index in [1.54, 1.807) is 36.4 Å². The van der Waals surface area contributed by atoms with E-state index in [1.807, 2.05) is 12.1 Å². The second kappa shape index (κ2) is 10.1. The molecule has 2 N–H and O–H groups in total. The SMILES string of the molecule is O=CC1=C(c2ccc(Cl)cc2)NC(=O)/C1=C(/NCCCCBr)c1ccc(Cl)cc1. The molecule has 1 amide bonds. The standard InChI is InChI=1S/C22H19BrCl2N2O2/c23-11-1-2-12-26-21(15-5-9-17(25)10-6-15)19-18(13-28)20(27-22(19)29)14-3-7-16(24)8-4-14/h3-10,13,26H,1-2,11-12H2,(H,27,29)/b21-19+. The number of hydrogen-bond donors (Lipinski definition) is 2. The summed E-state index contributed by atoms with van der Waals surface area (Å²) in [6.07, 6.45) is 2.63. The second-order valence-corrected chi connectivity index (χ2v) is 8.11. The molecule has 3 rings (SSSR count). The lowest BCUT2D eigenvalue weighted by Gasteiger charge is -2.14. The van der Waals surface area contributed by atoms with E-state index in [-0.39, 0.29) is 5.91 Å². The van der Waals surface area contributed by atoms with Crippen LogP contribution in [0.5, 0.6) is 0 Å². The molecule has 150 valence electrons. The van der Waals surface area contributed by atoms with Gasteiger partial charge in [0.25, 0.3) is 5.91 Å². The first kappa shape index (κ1) is 21.6. The molecule has 0 atom stereocenters. The van der Waals surface area contributed by atoms with Crippen LogP contribution in [0.15, 0.2) is 59.7 Å². The van der Waals surface area contributed by atoms with Gasteiger partial charge in [-0.05, 0) is 48.2 Å². The molecule has 0 spiro atoms. The zero-order valence-electron chi connectivity index (χ0n) is 15.5. The van der Waals surface area contributed by atoms with Gasteiger partial charge in [-0.1, -0.05) is 63.4 Å². The third-order valence-corrected chi connectivity index (χ3v) is 5.56. The molecule has 0 bridgehead atoms. The zero-order chi connectivity index (χ0) is 20.8. The topological polar surface area (TPSA) is 58.2 Å². The van der Waals surface area contributed by atoms with Gasteiger partial charge < -0.3 is 10.6 Å². The van der Waals surface area contributed by atoms with Crippen LogP contribution in [0.4, 0.5) is 0 Å². The highest BCUT2D eigenvalue weighted by molar-refractivity contribution is 9.09. The smallest absolute Gasteiger partial charge is 0.258 e. The summed E-state index contributed by atoms with van der Waals surface area (Å²) in [5, 5.41) is 8.27. The van der Waals surface area contributed by atoms with Crippen LogP contribution in [0.25, 0.3) is 11.4 Å². The molecule has 0 saturated carbocycles. The van der Waals surface area contributed by atoms with Crippen LogP contribution < -0.4 is 10.6 Å². The Morgan fingerprint density at radius 3 is 2.21 bits per heavy atom. The van der Waals surface area contributed by atoms with Gasteiger partial charge in [0.1, 0.15) is 0 Å². The lowest BCUT2D eigenvalue weighted by Crippen LogP contribution is -2.22. The van der Waals surface area contributed by atoms with Crippen molar-refractivity contribution in [3.8, 4) is 0 Å². The summed E-state index contributed by atoms with van der Waals surface area (Å²) >= 11 is 15.4. The number of nitrogens with one attached hydrogen (secondary N) is 2. The number of rotatable bonds is 8. The quantitative estimate of drug-likeness (QED) is 0.230. The van der Waals surface area contributed by atoms with Crippen molar-refractivity contribution in [1.29, 1.82) is 0 Å². The van der Waals surface area contributed by atoms with Crippen molar-refractivity contribution in [2.24, 2.45) is 0 Å². The van der Waals surface area contributed by atoms with Gasteiger partial charge in [0.05, 0.1) is 22.5 Å². The lowest BCUT2D eigenvalue weighted by atomic mass is 9.99. The number of hydrogen-bond acceptors (Lipinski definition) is 3. The summed E-state index contributed by atoms with van der Waals surface area (Å²) in [5.74, 6) is -0.324. The van der Waals surface area contributed by atoms with Gasteiger partial charge in [-0.3, -0.25) is 9.59 Å². The molecular weight excluding hydrogens is 475 g/mol. The van der Waals surface area contributed by atoms with Gasteiger partial charge in [0.15, 0.2) is 6.29 Å². The van der Waals surface area contributed by atoms with Gasteiger partial charge in [0.2, 0.25) is 0 Å². The Labute approximate surface area is 188 Å². The van der Waals surface area contributed by atoms with Crippen LogP contribution in [0.1, 0.15) is 24.0 Å². The number of amides is 1. The molecule has 1 aliphatic heterocycles. The van der Waals surface area contributed by atoms with Crippen molar-refractivity contribution in [1.82, 2.24) is 10.6 Å². The van der Waals surface area contributed by atoms with Gasteiger partial charge in [-0.25, -0.2) is 0 Å². The summed E-state index contributed by atoms with van der Waals surface area (Å²) in [6, 6.07) is 14.2. The maximum Gasteiger partial charge on any atom is 0.258 e. The number of unbranched alkanes of at least 4 members (excludes halogenated alkanes) is 1. The van der Waals surface area contributed by atoms with E-state index in [1.165, 1.54) is 0 Å². The summed E-state index contributed by atoms with van der Waals surface area (Å²) in [7, 11) is 0. The van der Waals surface area contributed by atoms with E-state index in [0.717, 1.165) is 29.3 Å². The van der Waals surface area contributed by atoms with Gasteiger partial charge >= 0.3 is 0 Å². The average molecular weight is 494 g/mol. The van der Waals surface area contributed by atoms with Crippen LogP contribution in [0.3, 0.4) is 0 Å². The molecule has 1 aliphatic rings. The van der Waals surface area contributed by atoms with Crippen molar-refractivity contribution >= 4 is 62.7 Å². The average Bonchev–Trinajstić information content (AvgIpc) is 3.05. The van der Waals surface area contributed by atoms with Gasteiger partial charge in [0, 0.05) is 21.9 Å². The monoisotopic (exact) mass is 492 g/mol. The first-order chi connectivity index (χ1) is 14.0. The Bertz CT molecular complexity index is 967. The molecule has 29 heavy (non-hydrogen) atoms.